The molecule has 0 unspecified atom stereocenters. The van der Waals surface area contributed by atoms with E-state index in [2.05, 4.69) is 4.98 Å². The van der Waals surface area contributed by atoms with Crippen LogP contribution in [0.5, 0.6) is 0 Å². The van der Waals surface area contributed by atoms with E-state index in [1.54, 1.807) is 39.0 Å². The van der Waals surface area contributed by atoms with Crippen molar-refractivity contribution in [2.45, 2.75) is 33.8 Å². The van der Waals surface area contributed by atoms with Gasteiger partial charge in [0.15, 0.2) is 6.10 Å². The van der Waals surface area contributed by atoms with E-state index < -0.39 is 12.1 Å². The van der Waals surface area contributed by atoms with Crippen LogP contribution >= 0.6 is 11.6 Å². The highest BCUT2D eigenvalue weighted by Gasteiger charge is 2.23. The minimum atomic E-state index is -0.901. The number of halogens is 1. The smallest absolute Gasteiger partial charge is 0.342 e. The molecule has 0 bridgehead atoms. The molecule has 0 aliphatic heterocycles. The monoisotopic (exact) mass is 331 g/mol. The van der Waals surface area contributed by atoms with Crippen LogP contribution in [-0.4, -0.2) is 22.8 Å². The van der Waals surface area contributed by atoms with Gasteiger partial charge < -0.3 is 4.74 Å². The van der Waals surface area contributed by atoms with Crippen molar-refractivity contribution in [1.29, 1.82) is 0 Å². The SMILES string of the molecule is Cc1ccc(C(=O)[C@H](C)OC(=O)c2c(C)cc(C)nc2Cl)cc1. The third kappa shape index (κ3) is 3.96. The molecular weight excluding hydrogens is 314 g/mol. The van der Waals surface area contributed by atoms with E-state index in [0.717, 1.165) is 5.56 Å². The summed E-state index contributed by atoms with van der Waals surface area (Å²) < 4.78 is 5.27. The van der Waals surface area contributed by atoms with Gasteiger partial charge in [-0.05, 0) is 39.3 Å². The molecule has 1 atom stereocenters. The van der Waals surface area contributed by atoms with Gasteiger partial charge in [0.25, 0.3) is 0 Å². The molecule has 0 radical (unpaired) electrons. The molecule has 2 rings (SSSR count). The molecule has 5 heteroatoms. The third-order valence-corrected chi connectivity index (χ3v) is 3.77. The summed E-state index contributed by atoms with van der Waals surface area (Å²) in [6.07, 6.45) is -0.901. The van der Waals surface area contributed by atoms with Crippen LogP contribution in [0.2, 0.25) is 5.15 Å². The number of benzene rings is 1. The van der Waals surface area contributed by atoms with Crippen molar-refractivity contribution in [3.8, 4) is 0 Å². The second-order valence-corrected chi connectivity index (χ2v) is 5.88. The molecular formula is C18H18ClNO3. The molecule has 0 amide bonds. The van der Waals surface area contributed by atoms with Gasteiger partial charge in [0.2, 0.25) is 5.78 Å². The number of carbonyl (C=O) groups is 2. The Morgan fingerprint density at radius 2 is 1.74 bits per heavy atom. The zero-order valence-corrected chi connectivity index (χ0v) is 14.3. The highest BCUT2D eigenvalue weighted by Crippen LogP contribution is 2.21. The fraction of sp³-hybridized carbons (Fsp3) is 0.278. The van der Waals surface area contributed by atoms with Gasteiger partial charge in [-0.2, -0.15) is 0 Å². The maximum absolute atomic E-state index is 12.3. The summed E-state index contributed by atoms with van der Waals surface area (Å²) in [6.45, 7) is 7.03. The van der Waals surface area contributed by atoms with Gasteiger partial charge in [0.1, 0.15) is 5.15 Å². The van der Waals surface area contributed by atoms with E-state index in [4.69, 9.17) is 16.3 Å². The van der Waals surface area contributed by atoms with Crippen LogP contribution in [0, 0.1) is 20.8 Å². The van der Waals surface area contributed by atoms with Crippen molar-refractivity contribution < 1.29 is 14.3 Å². The minimum Gasteiger partial charge on any atom is -0.451 e. The van der Waals surface area contributed by atoms with Gasteiger partial charge in [-0.1, -0.05) is 41.4 Å². The lowest BCUT2D eigenvalue weighted by Gasteiger charge is -2.14. The van der Waals surface area contributed by atoms with Crippen molar-refractivity contribution >= 4 is 23.4 Å². The molecule has 4 nitrogen and oxygen atoms in total. The quantitative estimate of drug-likeness (QED) is 0.481. The van der Waals surface area contributed by atoms with Crippen molar-refractivity contribution in [2.24, 2.45) is 0 Å². The lowest BCUT2D eigenvalue weighted by molar-refractivity contribution is 0.0318. The second kappa shape index (κ2) is 6.92. The Kier molecular flexibility index (Phi) is 5.16. The maximum atomic E-state index is 12.3. The van der Waals surface area contributed by atoms with E-state index in [-0.39, 0.29) is 16.5 Å². The molecule has 1 aromatic heterocycles. The Balaban J connectivity index is 2.17. The van der Waals surface area contributed by atoms with Crippen LogP contribution in [-0.2, 0) is 4.74 Å². The molecule has 0 aliphatic carbocycles. The minimum absolute atomic E-state index is 0.0856. The Hall–Kier alpha value is -2.20. The van der Waals surface area contributed by atoms with E-state index in [1.807, 2.05) is 19.1 Å². The number of ether oxygens (including phenoxy) is 1. The Morgan fingerprint density at radius 3 is 2.30 bits per heavy atom. The van der Waals surface area contributed by atoms with Crippen molar-refractivity contribution in [2.75, 3.05) is 0 Å². The lowest BCUT2D eigenvalue weighted by Crippen LogP contribution is -2.25. The first kappa shape index (κ1) is 17.2. The van der Waals surface area contributed by atoms with Crippen LogP contribution < -0.4 is 0 Å². The molecule has 2 aromatic rings. The molecule has 23 heavy (non-hydrogen) atoms. The second-order valence-electron chi connectivity index (χ2n) is 5.52. The summed E-state index contributed by atoms with van der Waals surface area (Å²) in [6, 6.07) is 8.86. The number of hydrogen-bond donors (Lipinski definition) is 0. The molecule has 0 N–H and O–H groups in total. The Bertz CT molecular complexity index is 730. The standard InChI is InChI=1S/C18H18ClNO3/c1-10-5-7-14(8-6-10)16(21)13(4)23-18(22)15-11(2)9-12(3)20-17(15)19/h5-9,13H,1-4H3/t13-/m0/s1. The molecule has 0 saturated carbocycles. The average molecular weight is 332 g/mol. The highest BCUT2D eigenvalue weighted by molar-refractivity contribution is 6.32. The fourth-order valence-electron chi connectivity index (χ4n) is 2.26. The first-order valence-electron chi connectivity index (χ1n) is 7.25. The molecule has 0 spiro atoms. The molecule has 0 fully saturated rings. The Morgan fingerprint density at radius 1 is 1.13 bits per heavy atom. The maximum Gasteiger partial charge on any atom is 0.342 e. The molecule has 0 aliphatic rings. The van der Waals surface area contributed by atoms with Gasteiger partial charge >= 0.3 is 5.97 Å². The van der Waals surface area contributed by atoms with Gasteiger partial charge in [-0.25, -0.2) is 9.78 Å². The van der Waals surface area contributed by atoms with Crippen molar-refractivity contribution in [1.82, 2.24) is 4.98 Å². The van der Waals surface area contributed by atoms with E-state index >= 15 is 0 Å². The summed E-state index contributed by atoms with van der Waals surface area (Å²) in [5.74, 6) is -0.903. The van der Waals surface area contributed by atoms with E-state index in [9.17, 15) is 9.59 Å². The van der Waals surface area contributed by atoms with Crippen molar-refractivity contribution in [3.63, 3.8) is 0 Å². The molecule has 1 aromatic carbocycles. The van der Waals surface area contributed by atoms with Gasteiger partial charge in [-0.3, -0.25) is 4.79 Å². The van der Waals surface area contributed by atoms with Gasteiger partial charge in [0.05, 0.1) is 5.56 Å². The summed E-state index contributed by atoms with van der Waals surface area (Å²) >= 11 is 6.03. The number of esters is 1. The summed E-state index contributed by atoms with van der Waals surface area (Å²) in [5.41, 5.74) is 3.14. The van der Waals surface area contributed by atoms with Crippen LogP contribution in [0.3, 0.4) is 0 Å². The number of carbonyl (C=O) groups excluding carboxylic acids is 2. The first-order valence-corrected chi connectivity index (χ1v) is 7.63. The zero-order valence-electron chi connectivity index (χ0n) is 13.5. The van der Waals surface area contributed by atoms with Gasteiger partial charge in [0, 0.05) is 11.3 Å². The number of ketones is 1. The summed E-state index contributed by atoms with van der Waals surface area (Å²) in [4.78, 5) is 28.7. The van der Waals surface area contributed by atoms with Crippen LogP contribution in [0.25, 0.3) is 0 Å². The number of hydrogen-bond acceptors (Lipinski definition) is 4. The Labute approximate surface area is 140 Å². The molecule has 0 saturated heterocycles. The summed E-state index contributed by atoms with van der Waals surface area (Å²) in [5, 5.41) is 0.0856. The van der Waals surface area contributed by atoms with Crippen molar-refractivity contribution in [3.05, 3.63) is 63.4 Å². The van der Waals surface area contributed by atoms with E-state index in [0.29, 0.717) is 16.8 Å². The number of Topliss-reactive ketones (excluding diaryl/α,β-unsaturated/α-hetero) is 1. The number of pyridine rings is 1. The first-order chi connectivity index (χ1) is 10.8. The fourth-order valence-corrected chi connectivity index (χ4v) is 2.62. The van der Waals surface area contributed by atoms with Crippen LogP contribution in [0.4, 0.5) is 0 Å². The zero-order chi connectivity index (χ0) is 17.1. The van der Waals surface area contributed by atoms with Crippen LogP contribution in [0.1, 0.15) is 44.5 Å². The largest absolute Gasteiger partial charge is 0.451 e. The number of aromatic nitrogens is 1. The van der Waals surface area contributed by atoms with Crippen LogP contribution in [0.15, 0.2) is 30.3 Å². The number of aryl methyl sites for hydroxylation is 3. The topological polar surface area (TPSA) is 56.3 Å². The predicted molar refractivity (Wildman–Crippen MR) is 89.1 cm³/mol. The highest BCUT2D eigenvalue weighted by atomic mass is 35.5. The lowest BCUT2D eigenvalue weighted by atomic mass is 10.1. The molecule has 1 heterocycles. The third-order valence-electron chi connectivity index (χ3n) is 3.49. The number of rotatable bonds is 4. The van der Waals surface area contributed by atoms with Gasteiger partial charge in [-0.15, -0.1) is 0 Å². The van der Waals surface area contributed by atoms with E-state index in [1.165, 1.54) is 0 Å². The number of nitrogens with zero attached hydrogens (tertiary/aromatic N) is 1. The normalized spacial score (nSPS) is 11.9. The predicted octanol–water partition coefficient (Wildman–Crippen LogP) is 4.09. The molecule has 120 valence electrons. The average Bonchev–Trinajstić information content (AvgIpc) is 2.46. The summed E-state index contributed by atoms with van der Waals surface area (Å²) in [7, 11) is 0.